The van der Waals surface area contributed by atoms with Gasteiger partial charge < -0.3 is 10.5 Å². The Kier molecular flexibility index (Phi) is 4.45. The first kappa shape index (κ1) is 17.0. The molecule has 0 unspecified atom stereocenters. The number of fused-ring (bicyclic) bond motifs is 1. The van der Waals surface area contributed by atoms with Gasteiger partial charge >= 0.3 is 0 Å². The Bertz CT molecular complexity index is 866. The molecule has 0 saturated heterocycles. The molecule has 6 heteroatoms. The summed E-state index contributed by atoms with van der Waals surface area (Å²) in [6, 6.07) is 13.7. The van der Waals surface area contributed by atoms with E-state index in [0.717, 1.165) is 22.6 Å². The van der Waals surface area contributed by atoms with E-state index in [4.69, 9.17) is 10.5 Å². The van der Waals surface area contributed by atoms with Crippen LogP contribution in [0.15, 0.2) is 47.2 Å². The number of thioether (sulfide) groups is 1. The lowest BCUT2D eigenvalue weighted by atomic mass is 9.59. The van der Waals surface area contributed by atoms with Gasteiger partial charge in [0.15, 0.2) is 5.41 Å². The summed E-state index contributed by atoms with van der Waals surface area (Å²) in [5.74, 6) is 1.71. The van der Waals surface area contributed by atoms with Gasteiger partial charge in [-0.2, -0.15) is 27.5 Å². The molecule has 0 amide bonds. The van der Waals surface area contributed by atoms with E-state index in [1.165, 1.54) is 0 Å². The van der Waals surface area contributed by atoms with Crippen molar-refractivity contribution in [1.29, 1.82) is 15.8 Å². The molecule has 2 N–H and O–H groups in total. The number of nitriles is 3. The fraction of sp³-hybridized carbons (Fsp3) is 0.316. The van der Waals surface area contributed by atoms with Gasteiger partial charge in [0.2, 0.25) is 0 Å². The van der Waals surface area contributed by atoms with Crippen molar-refractivity contribution in [3.63, 3.8) is 0 Å². The molecular formula is C19H16N4OS. The predicted octanol–water partition coefficient (Wildman–Crippen LogP) is 2.85. The SMILES string of the molecule is COc1ccc([C@@H]2[C@H]3CSCC=C3C(C#N)=C(N)C2(C#N)C#N)cc1. The Morgan fingerprint density at radius 2 is 1.88 bits per heavy atom. The molecule has 124 valence electrons. The van der Waals surface area contributed by atoms with Gasteiger partial charge in [-0.15, -0.1) is 0 Å². The highest BCUT2D eigenvalue weighted by Crippen LogP contribution is 2.55. The number of ether oxygens (including phenoxy) is 1. The zero-order valence-electron chi connectivity index (χ0n) is 13.7. The molecule has 25 heavy (non-hydrogen) atoms. The van der Waals surface area contributed by atoms with Crippen LogP contribution in [-0.2, 0) is 0 Å². The van der Waals surface area contributed by atoms with E-state index in [2.05, 4.69) is 18.2 Å². The van der Waals surface area contributed by atoms with E-state index in [-0.39, 0.29) is 17.2 Å². The summed E-state index contributed by atoms with van der Waals surface area (Å²) in [5.41, 5.74) is 6.73. The number of allylic oxidation sites excluding steroid dienone is 3. The van der Waals surface area contributed by atoms with E-state index in [1.54, 1.807) is 18.9 Å². The van der Waals surface area contributed by atoms with Gasteiger partial charge in [0, 0.05) is 23.3 Å². The average molecular weight is 348 g/mol. The van der Waals surface area contributed by atoms with Gasteiger partial charge in [0.25, 0.3) is 0 Å². The highest BCUT2D eigenvalue weighted by Gasteiger charge is 2.53. The third kappa shape index (κ3) is 2.45. The van der Waals surface area contributed by atoms with E-state index in [1.807, 2.05) is 30.3 Å². The van der Waals surface area contributed by atoms with Crippen LogP contribution < -0.4 is 10.5 Å². The molecule has 1 aliphatic carbocycles. The summed E-state index contributed by atoms with van der Waals surface area (Å²) >= 11 is 1.73. The minimum absolute atomic E-state index is 0.0650. The first-order valence-corrected chi connectivity index (χ1v) is 8.93. The lowest BCUT2D eigenvalue weighted by Crippen LogP contribution is -2.43. The zero-order valence-corrected chi connectivity index (χ0v) is 14.5. The molecule has 2 aliphatic rings. The Morgan fingerprint density at radius 1 is 1.20 bits per heavy atom. The molecule has 2 atom stereocenters. The highest BCUT2D eigenvalue weighted by molar-refractivity contribution is 7.99. The van der Waals surface area contributed by atoms with E-state index in [9.17, 15) is 15.8 Å². The summed E-state index contributed by atoms with van der Waals surface area (Å²) in [6.07, 6.45) is 2.00. The first-order chi connectivity index (χ1) is 12.1. The maximum absolute atomic E-state index is 9.90. The highest BCUT2D eigenvalue weighted by atomic mass is 32.2. The molecular weight excluding hydrogens is 332 g/mol. The van der Waals surface area contributed by atoms with Crippen LogP contribution in [0.25, 0.3) is 0 Å². The molecule has 0 radical (unpaired) electrons. The Hall–Kier alpha value is -2.88. The topological polar surface area (TPSA) is 107 Å². The molecule has 1 aromatic carbocycles. The quantitative estimate of drug-likeness (QED) is 0.880. The number of methoxy groups -OCH3 is 1. The maximum Gasteiger partial charge on any atom is 0.191 e. The van der Waals surface area contributed by atoms with Gasteiger partial charge in [-0.05, 0) is 23.3 Å². The molecule has 0 fully saturated rings. The second-order valence-corrected chi connectivity index (χ2v) is 7.06. The lowest BCUT2D eigenvalue weighted by Gasteiger charge is -2.43. The van der Waals surface area contributed by atoms with Crippen LogP contribution in [-0.4, -0.2) is 18.6 Å². The molecule has 1 aliphatic heterocycles. The van der Waals surface area contributed by atoms with Crippen LogP contribution >= 0.6 is 11.8 Å². The third-order valence-corrected chi connectivity index (χ3v) is 5.91. The third-order valence-electron chi connectivity index (χ3n) is 4.91. The van der Waals surface area contributed by atoms with Crippen molar-refractivity contribution in [2.75, 3.05) is 18.6 Å². The minimum Gasteiger partial charge on any atom is -0.497 e. The molecule has 0 spiro atoms. The van der Waals surface area contributed by atoms with Crippen molar-refractivity contribution < 1.29 is 4.74 Å². The van der Waals surface area contributed by atoms with Gasteiger partial charge in [0.05, 0.1) is 30.5 Å². The average Bonchev–Trinajstić information content (AvgIpc) is 2.67. The Morgan fingerprint density at radius 3 is 2.44 bits per heavy atom. The van der Waals surface area contributed by atoms with Crippen LogP contribution in [0, 0.1) is 45.3 Å². The van der Waals surface area contributed by atoms with Crippen molar-refractivity contribution in [3.8, 4) is 24.0 Å². The van der Waals surface area contributed by atoms with Crippen LogP contribution in [0.5, 0.6) is 5.75 Å². The number of rotatable bonds is 2. The lowest BCUT2D eigenvalue weighted by molar-refractivity contribution is 0.367. The number of benzene rings is 1. The van der Waals surface area contributed by atoms with Crippen molar-refractivity contribution in [3.05, 3.63) is 52.7 Å². The molecule has 3 rings (SSSR count). The summed E-state index contributed by atoms with van der Waals surface area (Å²) in [6.45, 7) is 0. The van der Waals surface area contributed by atoms with Gasteiger partial charge in [-0.25, -0.2) is 0 Å². The number of nitrogens with two attached hydrogens (primary N) is 1. The summed E-state index contributed by atoms with van der Waals surface area (Å²) in [5, 5.41) is 29.4. The smallest absolute Gasteiger partial charge is 0.191 e. The minimum atomic E-state index is -1.56. The molecule has 0 aromatic heterocycles. The number of hydrogen-bond donors (Lipinski definition) is 1. The Balaban J connectivity index is 2.27. The van der Waals surface area contributed by atoms with E-state index < -0.39 is 11.3 Å². The fourth-order valence-electron chi connectivity index (χ4n) is 3.67. The van der Waals surface area contributed by atoms with Crippen LogP contribution in [0.3, 0.4) is 0 Å². The van der Waals surface area contributed by atoms with Crippen molar-refractivity contribution in [2.24, 2.45) is 17.1 Å². The van der Waals surface area contributed by atoms with Crippen molar-refractivity contribution in [2.45, 2.75) is 5.92 Å². The molecule has 0 bridgehead atoms. The van der Waals surface area contributed by atoms with E-state index in [0.29, 0.717) is 5.75 Å². The van der Waals surface area contributed by atoms with Crippen LogP contribution in [0.1, 0.15) is 11.5 Å². The summed E-state index contributed by atoms with van der Waals surface area (Å²) in [4.78, 5) is 0. The number of hydrogen-bond acceptors (Lipinski definition) is 6. The molecule has 1 heterocycles. The zero-order chi connectivity index (χ0) is 18.0. The van der Waals surface area contributed by atoms with Gasteiger partial charge in [-0.3, -0.25) is 0 Å². The van der Waals surface area contributed by atoms with Gasteiger partial charge in [-0.1, -0.05) is 18.2 Å². The van der Waals surface area contributed by atoms with Gasteiger partial charge in [0.1, 0.15) is 11.8 Å². The van der Waals surface area contributed by atoms with Crippen LogP contribution in [0.4, 0.5) is 0 Å². The second-order valence-electron chi connectivity index (χ2n) is 5.99. The standard InChI is InChI=1S/C19H16N4OS/c1-24-13-4-2-12(3-5-13)17-16-9-25-7-6-14(16)15(8-20)18(23)19(17,10-21)11-22/h2-6,16-17H,7,9,23H2,1H3/t16-,17+/m0/s1. The monoisotopic (exact) mass is 348 g/mol. The summed E-state index contributed by atoms with van der Waals surface area (Å²) in [7, 11) is 1.59. The fourth-order valence-corrected chi connectivity index (χ4v) is 4.73. The van der Waals surface area contributed by atoms with Crippen LogP contribution in [0.2, 0.25) is 0 Å². The van der Waals surface area contributed by atoms with E-state index >= 15 is 0 Å². The Labute approximate surface area is 151 Å². The molecule has 5 nitrogen and oxygen atoms in total. The van der Waals surface area contributed by atoms with Crippen molar-refractivity contribution >= 4 is 11.8 Å². The number of nitrogens with zero attached hydrogens (tertiary/aromatic N) is 3. The molecule has 0 saturated carbocycles. The first-order valence-electron chi connectivity index (χ1n) is 7.78. The van der Waals surface area contributed by atoms with Crippen molar-refractivity contribution in [1.82, 2.24) is 0 Å². The predicted molar refractivity (Wildman–Crippen MR) is 95.1 cm³/mol. The normalized spacial score (nSPS) is 24.2. The maximum atomic E-state index is 9.90. The molecule has 1 aromatic rings. The summed E-state index contributed by atoms with van der Waals surface area (Å²) < 4.78 is 5.20. The largest absolute Gasteiger partial charge is 0.497 e. The second kappa shape index (κ2) is 6.55.